The molecule has 130 valence electrons. The molecule has 0 spiro atoms. The molecule has 1 aliphatic rings. The topological polar surface area (TPSA) is 55.1 Å². The molecule has 0 aliphatic heterocycles. The number of aliphatic hydroxyl groups is 1. The third-order valence-electron chi connectivity index (χ3n) is 4.39. The summed E-state index contributed by atoms with van der Waals surface area (Å²) in [5.41, 5.74) is 1.34. The van der Waals surface area contributed by atoms with E-state index < -0.39 is 0 Å². The normalized spacial score (nSPS) is 14.0. The first-order valence-corrected chi connectivity index (χ1v) is 10.5. The average Bonchev–Trinajstić information content (AvgIpc) is 2.96. The van der Waals surface area contributed by atoms with Crippen molar-refractivity contribution < 1.29 is 5.11 Å². The molecule has 0 atom stereocenters. The maximum atomic E-state index is 13.0. The van der Waals surface area contributed by atoms with Gasteiger partial charge in [0.2, 0.25) is 0 Å². The summed E-state index contributed by atoms with van der Waals surface area (Å²) in [4.78, 5) is 20.1. The molecular formula is C18H24N2O2S2. The first-order chi connectivity index (χ1) is 11.8. The van der Waals surface area contributed by atoms with Crippen molar-refractivity contribution in [3.63, 3.8) is 0 Å². The highest BCUT2D eigenvalue weighted by molar-refractivity contribution is 7.99. The highest BCUT2D eigenvalue weighted by Crippen LogP contribution is 2.34. The Hall–Kier alpha value is -1.11. The molecule has 2 aromatic heterocycles. The van der Waals surface area contributed by atoms with E-state index >= 15 is 0 Å². The van der Waals surface area contributed by atoms with Crippen LogP contribution in [0, 0.1) is 0 Å². The van der Waals surface area contributed by atoms with E-state index in [0.717, 1.165) is 53.2 Å². The number of hydrogen-bond donors (Lipinski definition) is 1. The van der Waals surface area contributed by atoms with Crippen molar-refractivity contribution in [1.82, 2.24) is 9.55 Å². The molecule has 0 unspecified atom stereocenters. The number of rotatable bonds is 8. The van der Waals surface area contributed by atoms with Gasteiger partial charge in [-0.25, -0.2) is 4.98 Å². The largest absolute Gasteiger partial charge is 0.396 e. The first-order valence-electron chi connectivity index (χ1n) is 8.66. The van der Waals surface area contributed by atoms with Gasteiger partial charge in [0.1, 0.15) is 4.83 Å². The zero-order chi connectivity index (χ0) is 16.9. The van der Waals surface area contributed by atoms with Gasteiger partial charge in [0.25, 0.3) is 5.56 Å². The second-order valence-corrected chi connectivity index (χ2v) is 8.27. The van der Waals surface area contributed by atoms with Gasteiger partial charge < -0.3 is 5.11 Å². The molecule has 0 radical (unpaired) electrons. The van der Waals surface area contributed by atoms with Crippen LogP contribution in [0.3, 0.4) is 0 Å². The van der Waals surface area contributed by atoms with Crippen LogP contribution in [0.1, 0.15) is 42.5 Å². The number of aromatic nitrogens is 2. The highest BCUT2D eigenvalue weighted by Gasteiger charge is 2.21. The lowest BCUT2D eigenvalue weighted by Gasteiger charge is -2.12. The molecule has 2 heterocycles. The minimum atomic E-state index is 0.0946. The zero-order valence-corrected chi connectivity index (χ0v) is 15.6. The molecule has 2 aromatic rings. The van der Waals surface area contributed by atoms with Crippen molar-refractivity contribution in [2.24, 2.45) is 0 Å². The van der Waals surface area contributed by atoms with Gasteiger partial charge in [0.15, 0.2) is 5.16 Å². The van der Waals surface area contributed by atoms with Crippen LogP contribution in [-0.4, -0.2) is 27.0 Å². The molecule has 24 heavy (non-hydrogen) atoms. The van der Waals surface area contributed by atoms with Gasteiger partial charge in [0.05, 0.1) is 5.39 Å². The molecular weight excluding hydrogens is 340 g/mol. The van der Waals surface area contributed by atoms with Gasteiger partial charge in [-0.05, 0) is 44.1 Å². The fourth-order valence-electron chi connectivity index (χ4n) is 3.17. The van der Waals surface area contributed by atoms with E-state index in [4.69, 9.17) is 10.1 Å². The second kappa shape index (κ2) is 8.32. The van der Waals surface area contributed by atoms with Crippen LogP contribution < -0.4 is 5.56 Å². The molecule has 1 aliphatic carbocycles. The Kier molecular flexibility index (Phi) is 6.14. The molecule has 1 N–H and O–H groups in total. The predicted molar refractivity (Wildman–Crippen MR) is 102 cm³/mol. The number of thiophene rings is 1. The summed E-state index contributed by atoms with van der Waals surface area (Å²) in [6, 6.07) is 0. The van der Waals surface area contributed by atoms with E-state index in [0.29, 0.717) is 6.54 Å². The number of unbranched alkanes of at least 4 members (excludes halogenated alkanes) is 2. The summed E-state index contributed by atoms with van der Waals surface area (Å²) in [5.74, 6) is 0.917. The zero-order valence-electron chi connectivity index (χ0n) is 13.9. The Morgan fingerprint density at radius 1 is 1.29 bits per heavy atom. The summed E-state index contributed by atoms with van der Waals surface area (Å²) >= 11 is 3.35. The van der Waals surface area contributed by atoms with Crippen molar-refractivity contribution >= 4 is 33.3 Å². The van der Waals surface area contributed by atoms with Crippen LogP contribution in [0.2, 0.25) is 0 Å². The molecule has 0 saturated heterocycles. The molecule has 4 nitrogen and oxygen atoms in total. The molecule has 0 fully saturated rings. The second-order valence-electron chi connectivity index (χ2n) is 6.12. The standard InChI is InChI=1S/C18H24N2O2S2/c1-2-10-20-17(22)15-13-8-4-5-9-14(13)24-16(15)19-18(20)23-12-7-3-6-11-21/h2,21H,1,3-12H2. The van der Waals surface area contributed by atoms with E-state index in [9.17, 15) is 4.79 Å². The number of aliphatic hydroxyl groups excluding tert-OH is 1. The molecule has 0 aromatic carbocycles. The molecule has 0 amide bonds. The summed E-state index contributed by atoms with van der Waals surface area (Å²) in [6.07, 6.45) is 9.11. The number of hydrogen-bond acceptors (Lipinski definition) is 5. The van der Waals surface area contributed by atoms with Gasteiger partial charge in [-0.3, -0.25) is 9.36 Å². The van der Waals surface area contributed by atoms with Crippen molar-refractivity contribution in [3.8, 4) is 0 Å². The van der Waals surface area contributed by atoms with E-state index in [1.807, 2.05) is 0 Å². The Labute approximate surface area is 150 Å². The molecule has 0 saturated carbocycles. The monoisotopic (exact) mass is 364 g/mol. The van der Waals surface area contributed by atoms with E-state index in [1.165, 1.54) is 23.3 Å². The lowest BCUT2D eigenvalue weighted by Crippen LogP contribution is -2.23. The number of nitrogens with zero attached hydrogens (tertiary/aromatic N) is 2. The fourth-order valence-corrected chi connectivity index (χ4v) is 5.48. The van der Waals surface area contributed by atoms with Crippen molar-refractivity contribution in [3.05, 3.63) is 33.4 Å². The predicted octanol–water partition coefficient (Wildman–Crippen LogP) is 3.78. The van der Waals surface area contributed by atoms with E-state index in [2.05, 4.69) is 6.58 Å². The Morgan fingerprint density at radius 2 is 2.12 bits per heavy atom. The minimum Gasteiger partial charge on any atom is -0.396 e. The Morgan fingerprint density at radius 3 is 2.92 bits per heavy atom. The molecule has 6 heteroatoms. The number of allylic oxidation sites excluding steroid dienone is 1. The lowest BCUT2D eigenvalue weighted by atomic mass is 9.97. The van der Waals surface area contributed by atoms with Gasteiger partial charge in [-0.2, -0.15) is 0 Å². The summed E-state index contributed by atoms with van der Waals surface area (Å²) < 4.78 is 1.77. The van der Waals surface area contributed by atoms with Crippen molar-refractivity contribution in [2.45, 2.75) is 56.6 Å². The van der Waals surface area contributed by atoms with Crippen LogP contribution in [0.4, 0.5) is 0 Å². The molecule has 0 bridgehead atoms. The van der Waals surface area contributed by atoms with Crippen LogP contribution in [0.15, 0.2) is 22.6 Å². The Bertz CT molecular complexity index is 779. The maximum absolute atomic E-state index is 13.0. The number of fused-ring (bicyclic) bond motifs is 3. The van der Waals surface area contributed by atoms with Crippen LogP contribution in [0.5, 0.6) is 0 Å². The smallest absolute Gasteiger partial charge is 0.263 e. The van der Waals surface area contributed by atoms with Crippen molar-refractivity contribution in [2.75, 3.05) is 12.4 Å². The van der Waals surface area contributed by atoms with Crippen LogP contribution in [-0.2, 0) is 19.4 Å². The van der Waals surface area contributed by atoms with Gasteiger partial charge in [-0.1, -0.05) is 24.3 Å². The number of thioether (sulfide) groups is 1. The van der Waals surface area contributed by atoms with E-state index in [-0.39, 0.29) is 12.2 Å². The fraction of sp³-hybridized carbons (Fsp3) is 0.556. The van der Waals surface area contributed by atoms with Crippen LogP contribution in [0.25, 0.3) is 10.2 Å². The highest BCUT2D eigenvalue weighted by atomic mass is 32.2. The van der Waals surface area contributed by atoms with Gasteiger partial charge in [0, 0.05) is 23.8 Å². The third kappa shape index (κ3) is 3.60. The summed E-state index contributed by atoms with van der Waals surface area (Å²) in [7, 11) is 0. The van der Waals surface area contributed by atoms with Gasteiger partial charge in [-0.15, -0.1) is 17.9 Å². The number of aryl methyl sites for hydroxylation is 2. The quantitative estimate of drug-likeness (QED) is 0.335. The average molecular weight is 365 g/mol. The van der Waals surface area contributed by atoms with Gasteiger partial charge >= 0.3 is 0 Å². The summed E-state index contributed by atoms with van der Waals surface area (Å²) in [6.45, 7) is 4.54. The summed E-state index contributed by atoms with van der Waals surface area (Å²) in [5, 5.41) is 10.5. The van der Waals surface area contributed by atoms with Crippen LogP contribution >= 0.6 is 23.1 Å². The van der Waals surface area contributed by atoms with E-state index in [1.54, 1.807) is 33.7 Å². The SMILES string of the molecule is C=CCn1c(SCCCCCO)nc2sc3c(c2c1=O)CCCC3. The first kappa shape index (κ1) is 17.7. The lowest BCUT2D eigenvalue weighted by molar-refractivity contribution is 0.284. The minimum absolute atomic E-state index is 0.0946. The Balaban J connectivity index is 1.94. The molecule has 3 rings (SSSR count). The maximum Gasteiger partial charge on any atom is 0.263 e. The third-order valence-corrected chi connectivity index (χ3v) is 6.63. The van der Waals surface area contributed by atoms with Crippen molar-refractivity contribution in [1.29, 1.82) is 0 Å².